The molecule has 2 heterocycles. The lowest BCUT2D eigenvalue weighted by atomic mass is 10.2. The number of carbonyl (C=O) groups is 1. The average Bonchev–Trinajstić information content (AvgIpc) is 3.41. The fourth-order valence-corrected chi connectivity index (χ4v) is 7.12. The zero-order chi connectivity index (χ0) is 27.2. The van der Waals surface area contributed by atoms with Crippen molar-refractivity contribution in [1.29, 1.82) is 0 Å². The van der Waals surface area contributed by atoms with Crippen molar-refractivity contribution in [2.75, 3.05) is 50.7 Å². The molecule has 1 aromatic heterocycles. The minimum absolute atomic E-state index is 0.183. The predicted octanol–water partition coefficient (Wildman–Crippen LogP) is 4.06. The van der Waals surface area contributed by atoms with Gasteiger partial charge in [-0.3, -0.25) is 9.69 Å². The van der Waals surface area contributed by atoms with Gasteiger partial charge in [-0.1, -0.05) is 60.7 Å². The Morgan fingerprint density at radius 1 is 0.949 bits per heavy atom. The molecule has 1 saturated heterocycles. The van der Waals surface area contributed by atoms with E-state index in [1.807, 2.05) is 55.5 Å². The average molecular weight is 564 g/mol. The first kappa shape index (κ1) is 27.3. The number of thiazole rings is 1. The molecule has 4 aromatic rings. The van der Waals surface area contributed by atoms with Crippen LogP contribution in [-0.2, 0) is 16.6 Å². The molecule has 5 rings (SSSR count). The first-order chi connectivity index (χ1) is 18.9. The van der Waals surface area contributed by atoms with Crippen LogP contribution in [0.25, 0.3) is 10.2 Å². The van der Waals surface area contributed by atoms with E-state index in [0.29, 0.717) is 25.2 Å². The molecule has 0 radical (unpaired) electrons. The standard InChI is InChI=1S/C29H33N5O3S2/c1-2-34(22-23-8-4-3-5-9-23)39(36,37)25-14-12-24(13-15-25)28(35)30-16-17-32-18-20-33(21-19-32)29-31-26-10-6-7-11-27(26)38-29/h3-15H,2,16-22H2,1H3,(H,30,35). The molecule has 1 aliphatic heterocycles. The lowest BCUT2D eigenvalue weighted by molar-refractivity contribution is 0.0947. The Hall–Kier alpha value is -3.31. The van der Waals surface area contributed by atoms with Crippen molar-refractivity contribution < 1.29 is 13.2 Å². The van der Waals surface area contributed by atoms with Crippen LogP contribution in [0, 0.1) is 0 Å². The topological polar surface area (TPSA) is 85.8 Å². The summed E-state index contributed by atoms with van der Waals surface area (Å²) in [7, 11) is -3.67. The third-order valence-electron chi connectivity index (χ3n) is 6.95. The highest BCUT2D eigenvalue weighted by molar-refractivity contribution is 7.89. The van der Waals surface area contributed by atoms with Gasteiger partial charge in [-0.05, 0) is 42.0 Å². The lowest BCUT2D eigenvalue weighted by Gasteiger charge is -2.34. The Labute approximate surface area is 233 Å². The minimum atomic E-state index is -3.67. The van der Waals surface area contributed by atoms with Crippen LogP contribution in [0.2, 0.25) is 0 Å². The number of hydrogen-bond acceptors (Lipinski definition) is 7. The number of nitrogens with zero attached hydrogens (tertiary/aromatic N) is 4. The van der Waals surface area contributed by atoms with E-state index in [-0.39, 0.29) is 10.8 Å². The van der Waals surface area contributed by atoms with Crippen molar-refractivity contribution in [3.05, 3.63) is 90.0 Å². The van der Waals surface area contributed by atoms with Crippen molar-refractivity contribution in [3.63, 3.8) is 0 Å². The van der Waals surface area contributed by atoms with Gasteiger partial charge in [0.2, 0.25) is 10.0 Å². The molecule has 1 aliphatic rings. The fourth-order valence-electron chi connectivity index (χ4n) is 4.67. The number of piperazine rings is 1. The molecule has 39 heavy (non-hydrogen) atoms. The number of rotatable bonds is 10. The number of nitrogens with one attached hydrogen (secondary N) is 1. The summed E-state index contributed by atoms with van der Waals surface area (Å²) in [6.45, 7) is 7.40. The molecule has 8 nitrogen and oxygen atoms in total. The van der Waals surface area contributed by atoms with Crippen molar-refractivity contribution >= 4 is 42.6 Å². The number of benzene rings is 3. The number of amides is 1. The number of anilines is 1. The molecule has 0 atom stereocenters. The van der Waals surface area contributed by atoms with Crippen LogP contribution >= 0.6 is 11.3 Å². The predicted molar refractivity (Wildman–Crippen MR) is 157 cm³/mol. The normalized spacial score (nSPS) is 14.7. The Morgan fingerprint density at radius 2 is 1.64 bits per heavy atom. The zero-order valence-electron chi connectivity index (χ0n) is 22.0. The van der Waals surface area contributed by atoms with Crippen LogP contribution < -0.4 is 10.2 Å². The van der Waals surface area contributed by atoms with Gasteiger partial charge in [0.1, 0.15) is 0 Å². The van der Waals surface area contributed by atoms with Crippen LogP contribution in [0.15, 0.2) is 83.8 Å². The Morgan fingerprint density at radius 3 is 2.33 bits per heavy atom. The summed E-state index contributed by atoms with van der Waals surface area (Å²) in [5.74, 6) is -0.205. The number of sulfonamides is 1. The molecular formula is C29H33N5O3S2. The number of carbonyl (C=O) groups excluding carboxylic acids is 1. The molecule has 1 N–H and O–H groups in total. The van der Waals surface area contributed by atoms with Gasteiger partial charge < -0.3 is 10.2 Å². The van der Waals surface area contributed by atoms with Crippen LogP contribution in [0.4, 0.5) is 5.13 Å². The first-order valence-corrected chi connectivity index (χ1v) is 15.4. The summed E-state index contributed by atoms with van der Waals surface area (Å²) in [6.07, 6.45) is 0. The van der Waals surface area contributed by atoms with Crippen LogP contribution in [0.5, 0.6) is 0 Å². The summed E-state index contributed by atoms with van der Waals surface area (Å²) >= 11 is 1.73. The van der Waals surface area contributed by atoms with Gasteiger partial charge in [0.15, 0.2) is 5.13 Å². The molecule has 0 saturated carbocycles. The van der Waals surface area contributed by atoms with Gasteiger partial charge >= 0.3 is 0 Å². The minimum Gasteiger partial charge on any atom is -0.351 e. The Balaban J connectivity index is 1.09. The fraction of sp³-hybridized carbons (Fsp3) is 0.310. The van der Waals surface area contributed by atoms with Crippen molar-refractivity contribution in [1.82, 2.24) is 19.5 Å². The number of fused-ring (bicyclic) bond motifs is 1. The summed E-state index contributed by atoms with van der Waals surface area (Å²) < 4.78 is 29.0. The van der Waals surface area contributed by atoms with Crippen LogP contribution in [-0.4, -0.2) is 74.3 Å². The molecule has 0 aliphatic carbocycles. The van der Waals surface area contributed by atoms with E-state index < -0.39 is 10.0 Å². The molecular weight excluding hydrogens is 530 g/mol. The summed E-state index contributed by atoms with van der Waals surface area (Å²) in [5.41, 5.74) is 2.42. The number of aromatic nitrogens is 1. The van der Waals surface area contributed by atoms with Gasteiger partial charge in [0.25, 0.3) is 5.91 Å². The highest BCUT2D eigenvalue weighted by Crippen LogP contribution is 2.29. The molecule has 1 amide bonds. The van der Waals surface area contributed by atoms with E-state index in [0.717, 1.165) is 48.9 Å². The molecule has 0 bridgehead atoms. The first-order valence-electron chi connectivity index (χ1n) is 13.2. The third-order valence-corrected chi connectivity index (χ3v) is 9.98. The maximum atomic E-state index is 13.2. The second kappa shape index (κ2) is 12.3. The SMILES string of the molecule is CCN(Cc1ccccc1)S(=O)(=O)c1ccc(C(=O)NCCN2CCN(c3nc4ccccc4s3)CC2)cc1. The second-order valence-electron chi connectivity index (χ2n) is 9.49. The lowest BCUT2D eigenvalue weighted by Crippen LogP contribution is -2.48. The number of hydrogen-bond donors (Lipinski definition) is 1. The zero-order valence-corrected chi connectivity index (χ0v) is 23.6. The van der Waals surface area contributed by atoms with Gasteiger partial charge in [0.05, 0.1) is 15.1 Å². The van der Waals surface area contributed by atoms with Crippen molar-refractivity contribution in [2.45, 2.75) is 18.4 Å². The van der Waals surface area contributed by atoms with E-state index in [2.05, 4.69) is 21.2 Å². The quantitative estimate of drug-likeness (QED) is 0.313. The van der Waals surface area contributed by atoms with Gasteiger partial charge in [-0.15, -0.1) is 0 Å². The van der Waals surface area contributed by atoms with E-state index in [4.69, 9.17) is 4.98 Å². The third kappa shape index (κ3) is 6.47. The molecule has 1 fully saturated rings. The van der Waals surface area contributed by atoms with Gasteiger partial charge in [-0.2, -0.15) is 4.31 Å². The maximum Gasteiger partial charge on any atom is 0.251 e. The van der Waals surface area contributed by atoms with Crippen molar-refractivity contribution in [3.8, 4) is 0 Å². The van der Waals surface area contributed by atoms with E-state index >= 15 is 0 Å². The van der Waals surface area contributed by atoms with Crippen LogP contribution in [0.1, 0.15) is 22.8 Å². The van der Waals surface area contributed by atoms with E-state index in [1.54, 1.807) is 23.5 Å². The molecule has 3 aromatic carbocycles. The van der Waals surface area contributed by atoms with E-state index in [9.17, 15) is 13.2 Å². The van der Waals surface area contributed by atoms with Gasteiger partial charge in [-0.25, -0.2) is 13.4 Å². The highest BCUT2D eigenvalue weighted by atomic mass is 32.2. The summed E-state index contributed by atoms with van der Waals surface area (Å²) in [6, 6.07) is 23.9. The molecule has 204 valence electrons. The molecule has 0 spiro atoms. The van der Waals surface area contributed by atoms with Gasteiger partial charge in [0, 0.05) is 57.9 Å². The second-order valence-corrected chi connectivity index (χ2v) is 12.4. The number of para-hydroxylation sites is 1. The Bertz CT molecular complexity index is 1470. The monoisotopic (exact) mass is 563 g/mol. The summed E-state index contributed by atoms with van der Waals surface area (Å²) in [4.78, 5) is 22.3. The maximum absolute atomic E-state index is 13.2. The highest BCUT2D eigenvalue weighted by Gasteiger charge is 2.24. The molecule has 0 unspecified atom stereocenters. The molecule has 10 heteroatoms. The Kier molecular flexibility index (Phi) is 8.56. The largest absolute Gasteiger partial charge is 0.351 e. The van der Waals surface area contributed by atoms with Crippen LogP contribution in [0.3, 0.4) is 0 Å². The summed E-state index contributed by atoms with van der Waals surface area (Å²) in [5, 5.41) is 4.03. The smallest absolute Gasteiger partial charge is 0.251 e. The van der Waals surface area contributed by atoms with Crippen molar-refractivity contribution in [2.24, 2.45) is 0 Å². The van der Waals surface area contributed by atoms with E-state index in [1.165, 1.54) is 21.1 Å².